The molecule has 2 heteroatoms. The van der Waals surface area contributed by atoms with Crippen LogP contribution in [0.5, 0.6) is 0 Å². The zero-order chi connectivity index (χ0) is 35.3. The first-order valence-electron chi connectivity index (χ1n) is 18.8. The van der Waals surface area contributed by atoms with Crippen LogP contribution in [0.15, 0.2) is 173 Å². The molecule has 0 atom stereocenters. The first kappa shape index (κ1) is 29.7. The topological polar surface area (TPSA) is 26.3 Å². The number of rotatable bonds is 3. The van der Waals surface area contributed by atoms with Crippen molar-refractivity contribution in [2.24, 2.45) is 0 Å². The lowest BCUT2D eigenvalue weighted by molar-refractivity contribution is 0.668. The van der Waals surface area contributed by atoms with Crippen molar-refractivity contribution in [2.45, 2.75) is 12.8 Å². The maximum absolute atomic E-state index is 6.64. The summed E-state index contributed by atoms with van der Waals surface area (Å²) in [5, 5.41) is 11.9. The summed E-state index contributed by atoms with van der Waals surface area (Å²) in [6.07, 6.45) is 6.72. The molecule has 1 aliphatic carbocycles. The quantitative estimate of drug-likeness (QED) is 0.173. The number of hydrogen-bond acceptors (Lipinski definition) is 2. The van der Waals surface area contributed by atoms with Gasteiger partial charge in [0.2, 0.25) is 0 Å². The van der Waals surface area contributed by atoms with Gasteiger partial charge in [0.05, 0.1) is 0 Å². The average molecular weight is 689 g/mol. The van der Waals surface area contributed by atoms with Gasteiger partial charge in [0.15, 0.2) is 0 Å². The Morgan fingerprint density at radius 1 is 0.370 bits per heavy atom. The normalized spacial score (nSPS) is 13.0. The molecule has 54 heavy (non-hydrogen) atoms. The number of allylic oxidation sites excluding steroid dienone is 1. The maximum Gasteiger partial charge on any atom is 0.136 e. The highest BCUT2D eigenvalue weighted by Gasteiger charge is 2.21. The molecule has 12 rings (SSSR count). The van der Waals surface area contributed by atoms with Gasteiger partial charge in [0, 0.05) is 21.5 Å². The van der Waals surface area contributed by atoms with E-state index in [0.29, 0.717) is 0 Å². The van der Waals surface area contributed by atoms with E-state index < -0.39 is 0 Å². The molecular formula is C52H32O2. The molecule has 0 unspecified atom stereocenters. The summed E-state index contributed by atoms with van der Waals surface area (Å²) in [7, 11) is 0. The Morgan fingerprint density at radius 3 is 1.74 bits per heavy atom. The molecule has 0 aliphatic heterocycles. The molecule has 9 aromatic carbocycles. The smallest absolute Gasteiger partial charge is 0.136 e. The Bertz CT molecular complexity index is 3370. The standard InChI is InChI=1S/C52H32O2/c1-2-10-31(11-3-1)34-18-23-41-44(28-34)50(36-20-25-43-48(30-36)54-46-27-22-33-13-5-7-15-38(33)52(43)46)40-17-9-8-16-39(40)49(41)35-19-24-42-47(29-35)53-45-26-21-32-12-4-6-14-37(32)51(42)45/h1-4,6-12,14-30H,5,13H2. The van der Waals surface area contributed by atoms with Crippen LogP contribution in [-0.2, 0) is 6.42 Å². The fraction of sp³-hybridized carbons (Fsp3) is 0.0385. The lowest BCUT2D eigenvalue weighted by Gasteiger charge is -2.19. The Hall–Kier alpha value is -6.90. The molecule has 0 fully saturated rings. The van der Waals surface area contributed by atoms with Gasteiger partial charge in [-0.2, -0.15) is 0 Å². The monoisotopic (exact) mass is 688 g/mol. The van der Waals surface area contributed by atoms with E-state index in [-0.39, 0.29) is 0 Å². The van der Waals surface area contributed by atoms with Gasteiger partial charge in [-0.25, -0.2) is 0 Å². The molecule has 252 valence electrons. The second-order valence-corrected chi connectivity index (χ2v) is 14.7. The second kappa shape index (κ2) is 11.3. The van der Waals surface area contributed by atoms with Crippen molar-refractivity contribution >= 4 is 82.3 Å². The lowest BCUT2D eigenvalue weighted by atomic mass is 9.84. The molecule has 1 aliphatic rings. The van der Waals surface area contributed by atoms with E-state index in [1.54, 1.807) is 0 Å². The molecule has 0 N–H and O–H groups in total. The van der Waals surface area contributed by atoms with Gasteiger partial charge >= 0.3 is 0 Å². The summed E-state index contributed by atoms with van der Waals surface area (Å²) >= 11 is 0. The number of furan rings is 2. The van der Waals surface area contributed by atoms with Gasteiger partial charge in [-0.3, -0.25) is 0 Å². The van der Waals surface area contributed by atoms with E-state index >= 15 is 0 Å². The van der Waals surface area contributed by atoms with Gasteiger partial charge in [-0.1, -0.05) is 127 Å². The van der Waals surface area contributed by atoms with Crippen LogP contribution in [0.4, 0.5) is 0 Å². The zero-order valence-electron chi connectivity index (χ0n) is 29.4. The molecule has 2 heterocycles. The predicted octanol–water partition coefficient (Wildman–Crippen LogP) is 14.9. The molecular weight excluding hydrogens is 657 g/mol. The Labute approximate surface area is 311 Å². The summed E-state index contributed by atoms with van der Waals surface area (Å²) < 4.78 is 13.2. The third kappa shape index (κ3) is 4.28. The van der Waals surface area contributed by atoms with Crippen molar-refractivity contribution in [3.63, 3.8) is 0 Å². The van der Waals surface area contributed by atoms with Gasteiger partial charge in [0.25, 0.3) is 0 Å². The number of benzene rings is 9. The minimum atomic E-state index is 0.897. The highest BCUT2D eigenvalue weighted by Crippen LogP contribution is 2.47. The molecule has 2 nitrogen and oxygen atoms in total. The molecule has 0 amide bonds. The summed E-state index contributed by atoms with van der Waals surface area (Å²) in [6, 6.07) is 57.3. The highest BCUT2D eigenvalue weighted by atomic mass is 16.3. The van der Waals surface area contributed by atoms with Crippen LogP contribution in [0, 0.1) is 0 Å². The summed E-state index contributed by atoms with van der Waals surface area (Å²) in [5.41, 5.74) is 13.4. The van der Waals surface area contributed by atoms with Crippen LogP contribution in [-0.4, -0.2) is 0 Å². The molecule has 0 spiro atoms. The van der Waals surface area contributed by atoms with E-state index in [4.69, 9.17) is 8.83 Å². The van der Waals surface area contributed by atoms with Crippen molar-refractivity contribution in [1.29, 1.82) is 0 Å². The van der Waals surface area contributed by atoms with Gasteiger partial charge in [-0.15, -0.1) is 0 Å². The Balaban J connectivity index is 1.14. The third-order valence-electron chi connectivity index (χ3n) is 11.7. The predicted molar refractivity (Wildman–Crippen MR) is 227 cm³/mol. The maximum atomic E-state index is 6.64. The fourth-order valence-corrected chi connectivity index (χ4v) is 9.25. The SMILES string of the molecule is C1=Cc2c(ccc3oc4cc(-c5c6ccccc6c(-c6ccc7c(c6)oc6ccc8ccccc8c67)c6ccc(-c7ccccc7)cc56)ccc4c23)CC1. The third-order valence-corrected chi connectivity index (χ3v) is 11.7. The van der Waals surface area contributed by atoms with Gasteiger partial charge in [0.1, 0.15) is 22.3 Å². The average Bonchev–Trinajstić information content (AvgIpc) is 3.81. The van der Waals surface area contributed by atoms with Crippen LogP contribution in [0.3, 0.4) is 0 Å². The van der Waals surface area contributed by atoms with Crippen molar-refractivity contribution in [2.75, 3.05) is 0 Å². The minimum absolute atomic E-state index is 0.897. The molecule has 0 saturated carbocycles. The molecule has 0 bridgehead atoms. The van der Waals surface area contributed by atoms with E-state index in [0.717, 1.165) is 51.7 Å². The van der Waals surface area contributed by atoms with E-state index in [1.807, 2.05) is 0 Å². The van der Waals surface area contributed by atoms with Crippen LogP contribution < -0.4 is 0 Å². The summed E-state index contributed by atoms with van der Waals surface area (Å²) in [5.74, 6) is 0. The first-order valence-corrected chi connectivity index (χ1v) is 18.8. The van der Waals surface area contributed by atoms with Crippen LogP contribution in [0.1, 0.15) is 17.5 Å². The van der Waals surface area contributed by atoms with E-state index in [9.17, 15) is 0 Å². The second-order valence-electron chi connectivity index (χ2n) is 14.7. The van der Waals surface area contributed by atoms with Crippen molar-refractivity contribution in [1.82, 2.24) is 0 Å². The van der Waals surface area contributed by atoms with Gasteiger partial charge < -0.3 is 8.83 Å². The molecule has 0 saturated heterocycles. The first-order chi connectivity index (χ1) is 26.8. The molecule has 2 aromatic heterocycles. The van der Waals surface area contributed by atoms with Crippen LogP contribution >= 0.6 is 0 Å². The zero-order valence-corrected chi connectivity index (χ0v) is 29.4. The Morgan fingerprint density at radius 2 is 0.963 bits per heavy atom. The summed E-state index contributed by atoms with van der Waals surface area (Å²) in [4.78, 5) is 0. The Kier molecular flexibility index (Phi) is 6.20. The fourth-order valence-electron chi connectivity index (χ4n) is 9.25. The number of fused-ring (bicyclic) bond motifs is 12. The van der Waals surface area contributed by atoms with Gasteiger partial charge in [-0.05, 0) is 132 Å². The lowest BCUT2D eigenvalue weighted by Crippen LogP contribution is -1.93. The van der Waals surface area contributed by atoms with E-state index in [1.165, 1.54) is 81.9 Å². The summed E-state index contributed by atoms with van der Waals surface area (Å²) in [6.45, 7) is 0. The van der Waals surface area contributed by atoms with Crippen LogP contribution in [0.2, 0.25) is 0 Å². The number of hydrogen-bond donors (Lipinski definition) is 0. The molecule has 0 radical (unpaired) electrons. The van der Waals surface area contributed by atoms with Crippen molar-refractivity contribution < 1.29 is 8.83 Å². The number of aryl methyl sites for hydroxylation is 1. The minimum Gasteiger partial charge on any atom is -0.456 e. The highest BCUT2D eigenvalue weighted by molar-refractivity contribution is 6.24. The largest absolute Gasteiger partial charge is 0.456 e. The van der Waals surface area contributed by atoms with Crippen LogP contribution in [0.25, 0.3) is 116 Å². The van der Waals surface area contributed by atoms with Crippen molar-refractivity contribution in [3.8, 4) is 33.4 Å². The van der Waals surface area contributed by atoms with Crippen molar-refractivity contribution in [3.05, 3.63) is 175 Å². The molecule has 11 aromatic rings. The van der Waals surface area contributed by atoms with E-state index in [2.05, 4.69) is 170 Å².